The van der Waals surface area contributed by atoms with Crippen molar-refractivity contribution in [2.24, 2.45) is 4.99 Å². The van der Waals surface area contributed by atoms with Crippen LogP contribution in [0.2, 0.25) is 0 Å². The normalized spacial score (nSPS) is 22.6. The van der Waals surface area contributed by atoms with E-state index in [9.17, 15) is 9.59 Å². The summed E-state index contributed by atoms with van der Waals surface area (Å²) in [6.45, 7) is 4.30. The fraction of sp³-hybridized carbons (Fsp3) is 0.583. The van der Waals surface area contributed by atoms with Gasteiger partial charge in [-0.05, 0) is 11.4 Å². The van der Waals surface area contributed by atoms with Crippen molar-refractivity contribution in [2.45, 2.75) is 26.3 Å². The molecule has 1 unspecified atom stereocenters. The first-order valence-electron chi connectivity index (χ1n) is 6.17. The summed E-state index contributed by atoms with van der Waals surface area (Å²) < 4.78 is 1.88. The maximum absolute atomic E-state index is 12.4. The van der Waals surface area contributed by atoms with E-state index in [4.69, 9.17) is 5.26 Å². The van der Waals surface area contributed by atoms with Gasteiger partial charge in [-0.2, -0.15) is 5.26 Å². The minimum atomic E-state index is -0.573. The largest absolute Gasteiger partial charge is 0.334 e. The van der Waals surface area contributed by atoms with Crippen LogP contribution in [0, 0.1) is 11.3 Å². The van der Waals surface area contributed by atoms with E-state index in [0.717, 1.165) is 17.2 Å². The van der Waals surface area contributed by atoms with Crippen LogP contribution in [0.25, 0.3) is 0 Å². The van der Waals surface area contributed by atoms with Crippen molar-refractivity contribution in [2.75, 3.05) is 20.1 Å². The first-order valence-corrected chi connectivity index (χ1v) is 6.17. The summed E-state index contributed by atoms with van der Waals surface area (Å²) in [6, 6.07) is 0.783. The highest BCUT2D eigenvalue weighted by molar-refractivity contribution is 6.22. The van der Waals surface area contributed by atoms with Crippen LogP contribution in [-0.4, -0.2) is 64.2 Å². The summed E-state index contributed by atoms with van der Waals surface area (Å²) in [4.78, 5) is 31.0. The molecule has 0 spiro atoms. The molecule has 0 saturated carbocycles. The molecule has 0 N–H and O–H groups in total. The predicted octanol–water partition coefficient (Wildman–Crippen LogP) is 0.0256. The zero-order valence-corrected chi connectivity index (χ0v) is 11.3. The molecule has 100 valence electrons. The molecular formula is C12H16N5O2+. The molecule has 0 aliphatic carbocycles. The van der Waals surface area contributed by atoms with Crippen molar-refractivity contribution in [3.8, 4) is 6.07 Å². The van der Waals surface area contributed by atoms with Gasteiger partial charge in [0.2, 0.25) is 0 Å². The van der Waals surface area contributed by atoms with Gasteiger partial charge in [0, 0.05) is 14.0 Å². The molecule has 1 atom stereocenters. The average molecular weight is 262 g/mol. The van der Waals surface area contributed by atoms with Gasteiger partial charge in [0.15, 0.2) is 0 Å². The third kappa shape index (κ3) is 1.89. The van der Waals surface area contributed by atoms with Gasteiger partial charge in [-0.25, -0.2) is 14.3 Å². The number of nitriles is 1. The summed E-state index contributed by atoms with van der Waals surface area (Å²) in [5, 5.41) is 8.74. The number of aliphatic imine (C=N–C) groups is 1. The van der Waals surface area contributed by atoms with Crippen LogP contribution in [0.1, 0.15) is 20.3 Å². The maximum atomic E-state index is 12.4. The number of amidine groups is 2. The molecular weight excluding hydrogens is 246 g/mol. The van der Waals surface area contributed by atoms with Crippen LogP contribution < -0.4 is 0 Å². The molecule has 2 aliphatic heterocycles. The van der Waals surface area contributed by atoms with Crippen molar-refractivity contribution in [3.63, 3.8) is 0 Å². The van der Waals surface area contributed by atoms with Crippen LogP contribution in [0.15, 0.2) is 4.99 Å². The molecule has 2 heterocycles. The van der Waals surface area contributed by atoms with Gasteiger partial charge >= 0.3 is 6.03 Å². The molecule has 0 aromatic carbocycles. The van der Waals surface area contributed by atoms with Crippen molar-refractivity contribution in [3.05, 3.63) is 0 Å². The SMILES string of the molecule is CCC[N+]1=C(C)N=C2C1C(=O)N(CC#N)C(=O)N2C. The molecule has 7 heteroatoms. The average Bonchev–Trinajstić information content (AvgIpc) is 2.70. The number of hydrogen-bond acceptors (Lipinski definition) is 4. The van der Waals surface area contributed by atoms with E-state index in [2.05, 4.69) is 4.99 Å². The molecule has 19 heavy (non-hydrogen) atoms. The zero-order valence-electron chi connectivity index (χ0n) is 11.3. The Labute approximate surface area is 111 Å². The van der Waals surface area contributed by atoms with Crippen molar-refractivity contribution in [1.82, 2.24) is 9.80 Å². The lowest BCUT2D eigenvalue weighted by Crippen LogP contribution is -2.62. The molecule has 3 amide bonds. The molecule has 1 saturated heterocycles. The number of imide groups is 1. The highest BCUT2D eigenvalue weighted by Crippen LogP contribution is 2.19. The standard InChI is InChI=1S/C12H16N5O2/c1-4-6-16-8(2)14-10-9(16)11(18)17(7-5-13)12(19)15(10)3/h9H,4,6-7H2,1-3H3/q+1. The second-order valence-corrected chi connectivity index (χ2v) is 4.54. The minimum absolute atomic E-state index is 0.231. The highest BCUT2D eigenvalue weighted by atomic mass is 16.2. The van der Waals surface area contributed by atoms with Gasteiger partial charge < -0.3 is 0 Å². The lowest BCUT2D eigenvalue weighted by Gasteiger charge is -2.31. The smallest absolute Gasteiger partial charge is 0.269 e. The predicted molar refractivity (Wildman–Crippen MR) is 67.8 cm³/mol. The summed E-state index contributed by atoms with van der Waals surface area (Å²) >= 11 is 0. The Morgan fingerprint density at radius 2 is 2.16 bits per heavy atom. The Kier molecular flexibility index (Phi) is 3.34. The van der Waals surface area contributed by atoms with E-state index in [-0.39, 0.29) is 12.5 Å². The van der Waals surface area contributed by atoms with Gasteiger partial charge in [-0.15, -0.1) is 0 Å². The van der Waals surface area contributed by atoms with E-state index < -0.39 is 12.1 Å². The summed E-state index contributed by atoms with van der Waals surface area (Å²) in [5.41, 5.74) is 0. The van der Waals surface area contributed by atoms with E-state index in [1.807, 2.05) is 24.5 Å². The molecule has 0 radical (unpaired) electrons. The van der Waals surface area contributed by atoms with Crippen LogP contribution >= 0.6 is 0 Å². The van der Waals surface area contributed by atoms with Gasteiger partial charge in [-0.3, -0.25) is 9.69 Å². The number of carbonyl (C=O) groups is 2. The molecule has 7 nitrogen and oxygen atoms in total. The summed E-state index contributed by atoms with van der Waals surface area (Å²) in [7, 11) is 1.58. The van der Waals surface area contributed by atoms with E-state index in [0.29, 0.717) is 12.4 Å². The lowest BCUT2D eigenvalue weighted by molar-refractivity contribution is -0.535. The first kappa shape index (κ1) is 13.2. The van der Waals surface area contributed by atoms with Crippen molar-refractivity contribution >= 4 is 23.6 Å². The Morgan fingerprint density at radius 1 is 1.47 bits per heavy atom. The van der Waals surface area contributed by atoms with E-state index >= 15 is 0 Å². The quantitative estimate of drug-likeness (QED) is 0.531. The number of amides is 3. The number of nitrogens with zero attached hydrogens (tertiary/aromatic N) is 5. The molecule has 1 fully saturated rings. The number of likely N-dealkylation sites (N-methyl/N-ethyl adjacent to an activating group) is 1. The van der Waals surface area contributed by atoms with Gasteiger partial charge in [-0.1, -0.05) is 6.92 Å². The topological polar surface area (TPSA) is 79.8 Å². The fourth-order valence-corrected chi connectivity index (χ4v) is 2.39. The molecule has 0 bridgehead atoms. The van der Waals surface area contributed by atoms with E-state index in [1.165, 1.54) is 4.90 Å². The van der Waals surface area contributed by atoms with E-state index in [1.54, 1.807) is 7.05 Å². The third-order valence-corrected chi connectivity index (χ3v) is 3.30. The Bertz CT molecular complexity index is 543. The Balaban J connectivity index is 2.41. The third-order valence-electron chi connectivity index (χ3n) is 3.30. The Hall–Kier alpha value is -2.23. The highest BCUT2D eigenvalue weighted by Gasteiger charge is 2.52. The minimum Gasteiger partial charge on any atom is -0.269 e. The van der Waals surface area contributed by atoms with Crippen molar-refractivity contribution in [1.29, 1.82) is 5.26 Å². The van der Waals surface area contributed by atoms with Crippen LogP contribution in [0.5, 0.6) is 0 Å². The zero-order chi connectivity index (χ0) is 14.2. The van der Waals surface area contributed by atoms with Crippen LogP contribution in [0.4, 0.5) is 4.79 Å². The number of rotatable bonds is 3. The van der Waals surface area contributed by atoms with Crippen LogP contribution in [-0.2, 0) is 4.79 Å². The second kappa shape index (κ2) is 4.80. The fourth-order valence-electron chi connectivity index (χ4n) is 2.39. The van der Waals surface area contributed by atoms with Gasteiger partial charge in [0.25, 0.3) is 23.6 Å². The number of urea groups is 1. The van der Waals surface area contributed by atoms with Gasteiger partial charge in [0.05, 0.1) is 12.6 Å². The molecule has 0 aromatic heterocycles. The monoisotopic (exact) mass is 262 g/mol. The van der Waals surface area contributed by atoms with Gasteiger partial charge in [0.1, 0.15) is 6.54 Å². The number of hydrogen-bond donors (Lipinski definition) is 0. The number of carbonyl (C=O) groups excluding carboxylic acids is 2. The second-order valence-electron chi connectivity index (χ2n) is 4.54. The summed E-state index contributed by atoms with van der Waals surface area (Å²) in [5.74, 6) is 0.817. The maximum Gasteiger partial charge on any atom is 0.334 e. The molecule has 2 aliphatic rings. The Morgan fingerprint density at radius 3 is 2.74 bits per heavy atom. The summed E-state index contributed by atoms with van der Waals surface area (Å²) in [6.07, 6.45) is 0.875. The molecule has 0 aromatic rings. The van der Waals surface area contributed by atoms with Crippen molar-refractivity contribution < 1.29 is 14.2 Å². The molecule has 2 rings (SSSR count). The first-order chi connectivity index (χ1) is 9.02. The van der Waals surface area contributed by atoms with Crippen LogP contribution in [0.3, 0.4) is 0 Å². The lowest BCUT2D eigenvalue weighted by atomic mass is 10.1. The number of fused-ring (bicyclic) bond motifs is 1.